The van der Waals surface area contributed by atoms with Crippen LogP contribution >= 0.6 is 0 Å². The van der Waals surface area contributed by atoms with Gasteiger partial charge in [-0.2, -0.15) is 0 Å². The van der Waals surface area contributed by atoms with Gasteiger partial charge in [0.05, 0.1) is 6.10 Å². The second-order valence-corrected chi connectivity index (χ2v) is 4.10. The van der Waals surface area contributed by atoms with Crippen LogP contribution in [0.4, 0.5) is 0 Å². The molecule has 1 heterocycles. The van der Waals surface area contributed by atoms with E-state index in [-0.39, 0.29) is 0 Å². The molecule has 1 aliphatic rings. The van der Waals surface area contributed by atoms with Crippen molar-refractivity contribution in [1.82, 2.24) is 0 Å². The molecule has 78 valence electrons. The fourth-order valence-electron chi connectivity index (χ4n) is 2.08. The van der Waals surface area contributed by atoms with Crippen LogP contribution in [0.5, 0.6) is 0 Å². The minimum absolute atomic E-state index is 0.547. The first-order valence-corrected chi connectivity index (χ1v) is 5.68. The van der Waals surface area contributed by atoms with Crippen LogP contribution in [0.3, 0.4) is 0 Å². The van der Waals surface area contributed by atoms with E-state index in [2.05, 4.69) is 6.92 Å². The maximum Gasteiger partial charge on any atom is 0.0576 e. The summed E-state index contributed by atoms with van der Waals surface area (Å²) in [5.41, 5.74) is 5.70. The molecule has 0 aliphatic carbocycles. The summed E-state index contributed by atoms with van der Waals surface area (Å²) in [6.07, 6.45) is 8.09. The molecule has 0 aromatic heterocycles. The van der Waals surface area contributed by atoms with E-state index < -0.39 is 0 Å². The van der Waals surface area contributed by atoms with Crippen molar-refractivity contribution in [3.8, 4) is 0 Å². The highest BCUT2D eigenvalue weighted by Gasteiger charge is 2.16. The van der Waals surface area contributed by atoms with Crippen molar-refractivity contribution < 1.29 is 4.74 Å². The van der Waals surface area contributed by atoms with E-state index in [0.717, 1.165) is 19.1 Å². The Morgan fingerprint density at radius 2 is 2.31 bits per heavy atom. The molecule has 1 fully saturated rings. The summed E-state index contributed by atoms with van der Waals surface area (Å²) in [5, 5.41) is 0. The van der Waals surface area contributed by atoms with Crippen molar-refractivity contribution in [1.29, 1.82) is 0 Å². The van der Waals surface area contributed by atoms with E-state index >= 15 is 0 Å². The van der Waals surface area contributed by atoms with Crippen molar-refractivity contribution in [2.45, 2.75) is 51.6 Å². The molecule has 0 spiro atoms. The molecule has 2 N–H and O–H groups in total. The Balaban J connectivity index is 2.07. The lowest BCUT2D eigenvalue weighted by Gasteiger charge is -2.15. The maximum absolute atomic E-state index is 5.70. The Hall–Kier alpha value is -0.0800. The Morgan fingerprint density at radius 3 is 2.85 bits per heavy atom. The lowest BCUT2D eigenvalue weighted by Crippen LogP contribution is -2.16. The van der Waals surface area contributed by atoms with Crippen LogP contribution in [-0.2, 0) is 4.74 Å². The molecule has 1 saturated heterocycles. The average molecular weight is 185 g/mol. The summed E-state index contributed by atoms with van der Waals surface area (Å²) < 4.78 is 5.59. The second kappa shape index (κ2) is 6.39. The van der Waals surface area contributed by atoms with Gasteiger partial charge in [0.15, 0.2) is 0 Å². The van der Waals surface area contributed by atoms with E-state index in [0.29, 0.717) is 6.10 Å². The van der Waals surface area contributed by atoms with Gasteiger partial charge in [0.2, 0.25) is 0 Å². The Bertz CT molecular complexity index is 121. The van der Waals surface area contributed by atoms with Crippen LogP contribution in [0.25, 0.3) is 0 Å². The lowest BCUT2D eigenvalue weighted by molar-refractivity contribution is 0.0979. The van der Waals surface area contributed by atoms with E-state index in [1.54, 1.807) is 0 Å². The molecule has 1 rings (SSSR count). The summed E-state index contributed by atoms with van der Waals surface area (Å²) in [4.78, 5) is 0. The second-order valence-electron chi connectivity index (χ2n) is 4.10. The third-order valence-electron chi connectivity index (χ3n) is 2.95. The number of hydrogen-bond acceptors (Lipinski definition) is 2. The van der Waals surface area contributed by atoms with Crippen molar-refractivity contribution in [2.75, 3.05) is 13.2 Å². The molecule has 0 saturated carbocycles. The van der Waals surface area contributed by atoms with E-state index in [4.69, 9.17) is 10.5 Å². The highest BCUT2D eigenvalue weighted by molar-refractivity contribution is 4.68. The molecule has 13 heavy (non-hydrogen) atoms. The number of hydrogen-bond donors (Lipinski definition) is 1. The first-order chi connectivity index (χ1) is 6.36. The Labute approximate surface area is 81.8 Å². The normalized spacial score (nSPS) is 24.9. The molecule has 0 radical (unpaired) electrons. The van der Waals surface area contributed by atoms with E-state index in [1.807, 2.05) is 0 Å². The molecule has 2 nitrogen and oxygen atoms in total. The van der Waals surface area contributed by atoms with Crippen molar-refractivity contribution in [3.05, 3.63) is 0 Å². The SMILES string of the molecule is CCCC(CN)CCC1CCCO1. The van der Waals surface area contributed by atoms with Gasteiger partial charge in [0.25, 0.3) is 0 Å². The minimum Gasteiger partial charge on any atom is -0.378 e. The van der Waals surface area contributed by atoms with Gasteiger partial charge in [-0.3, -0.25) is 0 Å². The molecule has 0 aromatic rings. The lowest BCUT2D eigenvalue weighted by atomic mass is 9.96. The monoisotopic (exact) mass is 185 g/mol. The zero-order valence-electron chi connectivity index (χ0n) is 8.80. The van der Waals surface area contributed by atoms with Gasteiger partial charge in [0, 0.05) is 6.61 Å². The molecular formula is C11H23NO. The van der Waals surface area contributed by atoms with E-state index in [9.17, 15) is 0 Å². The van der Waals surface area contributed by atoms with Crippen molar-refractivity contribution >= 4 is 0 Å². The quantitative estimate of drug-likeness (QED) is 0.689. The van der Waals surface area contributed by atoms with Crippen LogP contribution in [0.2, 0.25) is 0 Å². The zero-order chi connectivity index (χ0) is 9.52. The first kappa shape index (κ1) is 11.0. The molecule has 0 aromatic carbocycles. The molecular weight excluding hydrogens is 162 g/mol. The van der Waals surface area contributed by atoms with Crippen LogP contribution in [0.1, 0.15) is 45.4 Å². The summed E-state index contributed by atoms with van der Waals surface area (Å²) in [6, 6.07) is 0. The molecule has 0 amide bonds. The zero-order valence-corrected chi connectivity index (χ0v) is 8.80. The Kier molecular flexibility index (Phi) is 5.40. The van der Waals surface area contributed by atoms with E-state index in [1.165, 1.54) is 38.5 Å². The topological polar surface area (TPSA) is 35.2 Å². The van der Waals surface area contributed by atoms with Gasteiger partial charge in [-0.25, -0.2) is 0 Å². The van der Waals surface area contributed by atoms with Gasteiger partial charge >= 0.3 is 0 Å². The molecule has 2 unspecified atom stereocenters. The van der Waals surface area contributed by atoms with Crippen molar-refractivity contribution in [3.63, 3.8) is 0 Å². The van der Waals surface area contributed by atoms with Gasteiger partial charge in [-0.15, -0.1) is 0 Å². The summed E-state index contributed by atoms with van der Waals surface area (Å²) >= 11 is 0. The van der Waals surface area contributed by atoms with Gasteiger partial charge in [0.1, 0.15) is 0 Å². The maximum atomic E-state index is 5.70. The van der Waals surface area contributed by atoms with Crippen LogP contribution in [0.15, 0.2) is 0 Å². The third-order valence-corrected chi connectivity index (χ3v) is 2.95. The minimum atomic E-state index is 0.547. The highest BCUT2D eigenvalue weighted by atomic mass is 16.5. The fourth-order valence-corrected chi connectivity index (χ4v) is 2.08. The summed E-state index contributed by atoms with van der Waals surface area (Å²) in [6.45, 7) is 4.06. The molecule has 1 aliphatic heterocycles. The third kappa shape index (κ3) is 4.10. The summed E-state index contributed by atoms with van der Waals surface area (Å²) in [5.74, 6) is 0.731. The van der Waals surface area contributed by atoms with Crippen LogP contribution in [-0.4, -0.2) is 19.3 Å². The number of rotatable bonds is 6. The van der Waals surface area contributed by atoms with Gasteiger partial charge < -0.3 is 10.5 Å². The summed E-state index contributed by atoms with van der Waals surface area (Å²) in [7, 11) is 0. The predicted octanol–water partition coefficient (Wildman–Crippen LogP) is 2.32. The van der Waals surface area contributed by atoms with Crippen LogP contribution in [0, 0.1) is 5.92 Å². The Morgan fingerprint density at radius 1 is 1.46 bits per heavy atom. The molecule has 0 bridgehead atoms. The number of nitrogens with two attached hydrogens (primary N) is 1. The molecule has 2 heteroatoms. The standard InChI is InChI=1S/C11H23NO/c1-2-4-10(9-12)6-7-11-5-3-8-13-11/h10-11H,2-9,12H2,1H3. The molecule has 2 atom stereocenters. The van der Waals surface area contributed by atoms with Gasteiger partial charge in [-0.05, 0) is 44.6 Å². The predicted molar refractivity (Wildman–Crippen MR) is 55.7 cm³/mol. The van der Waals surface area contributed by atoms with Gasteiger partial charge in [-0.1, -0.05) is 13.3 Å². The first-order valence-electron chi connectivity index (χ1n) is 5.68. The highest BCUT2D eigenvalue weighted by Crippen LogP contribution is 2.21. The fraction of sp³-hybridized carbons (Fsp3) is 1.00. The smallest absolute Gasteiger partial charge is 0.0576 e. The largest absolute Gasteiger partial charge is 0.378 e. The van der Waals surface area contributed by atoms with Crippen LogP contribution < -0.4 is 5.73 Å². The number of ether oxygens (including phenoxy) is 1. The van der Waals surface area contributed by atoms with Crippen molar-refractivity contribution in [2.24, 2.45) is 11.7 Å². The average Bonchev–Trinajstić information content (AvgIpc) is 2.64.